The molecule has 5 rings (SSSR count). The Bertz CT molecular complexity index is 1550. The zero-order chi connectivity index (χ0) is 27.7. The fourth-order valence-electron chi connectivity index (χ4n) is 4.88. The molecule has 0 saturated carbocycles. The number of nitrogens with two attached hydrogens (primary N) is 1. The molecule has 0 unspecified atom stereocenters. The number of halogens is 2. The van der Waals surface area contributed by atoms with Gasteiger partial charge in [0.2, 0.25) is 5.91 Å². The van der Waals surface area contributed by atoms with Crippen LogP contribution in [-0.4, -0.2) is 31.6 Å². The number of hydrogen-bond donors (Lipinski definition) is 4. The Balaban J connectivity index is 1.45. The first-order valence-corrected chi connectivity index (χ1v) is 13.1. The van der Waals surface area contributed by atoms with Crippen molar-refractivity contribution in [3.8, 4) is 16.9 Å². The Hall–Kier alpha value is -4.18. The lowest BCUT2D eigenvalue weighted by Gasteiger charge is -2.18. The fourth-order valence-corrected chi connectivity index (χ4v) is 5.05. The molecule has 2 aromatic heterocycles. The summed E-state index contributed by atoms with van der Waals surface area (Å²) >= 11 is 5.94. The molecular weight excluding hydrogens is 521 g/mol. The molecule has 5 N–H and O–H groups in total. The third-order valence-electron chi connectivity index (χ3n) is 6.96. The summed E-state index contributed by atoms with van der Waals surface area (Å²) in [5.74, 6) is -0.319. The van der Waals surface area contributed by atoms with Crippen LogP contribution < -0.4 is 16.4 Å². The summed E-state index contributed by atoms with van der Waals surface area (Å²) in [5, 5.41) is 10.3. The highest BCUT2D eigenvalue weighted by Crippen LogP contribution is 2.32. The molecule has 4 aromatic rings. The van der Waals surface area contributed by atoms with Crippen molar-refractivity contribution in [2.45, 2.75) is 45.6 Å². The number of nitrogens with zero attached hydrogens (tertiary/aromatic N) is 3. The minimum Gasteiger partial charge on any atom is -0.399 e. The summed E-state index contributed by atoms with van der Waals surface area (Å²) in [4.78, 5) is 34.1. The number of imidazole rings is 1. The van der Waals surface area contributed by atoms with E-state index in [-0.39, 0.29) is 28.4 Å². The van der Waals surface area contributed by atoms with Crippen molar-refractivity contribution in [2.75, 3.05) is 11.1 Å². The van der Waals surface area contributed by atoms with Crippen LogP contribution in [0.15, 0.2) is 48.8 Å². The molecule has 0 aliphatic carbocycles. The van der Waals surface area contributed by atoms with E-state index in [9.17, 15) is 14.0 Å². The molecule has 2 aromatic carbocycles. The number of benzene rings is 2. The highest BCUT2D eigenvalue weighted by molar-refractivity contribution is 6.30. The van der Waals surface area contributed by atoms with Gasteiger partial charge in [0.1, 0.15) is 11.5 Å². The standard InChI is InChI=1S/C28H29ClFN7O2/c1-15-5-3-7-21(27-32-14-23(35-27)18-10-9-17(31)12-22(18)34-25(38)11-15)36-28(39)19-13-33-37(16(19)2)24-8-4-6-20(29)26(24)30/h4,6,8-10,12-15,21H,3,5,7,11,31H2,1-2H3,(H,32,35)(H,34,38)(H,36,39)/t15-,21+/m1/s1. The van der Waals surface area contributed by atoms with Crippen LogP contribution >= 0.6 is 11.6 Å². The molecular formula is C28H29ClFN7O2. The summed E-state index contributed by atoms with van der Waals surface area (Å²) in [7, 11) is 0. The summed E-state index contributed by atoms with van der Waals surface area (Å²) < 4.78 is 16.0. The second kappa shape index (κ2) is 10.9. The topological polar surface area (TPSA) is 131 Å². The van der Waals surface area contributed by atoms with Crippen molar-refractivity contribution in [1.82, 2.24) is 25.1 Å². The molecule has 3 heterocycles. The van der Waals surface area contributed by atoms with Gasteiger partial charge in [-0.05, 0) is 49.6 Å². The third-order valence-corrected chi connectivity index (χ3v) is 7.26. The molecule has 0 saturated heterocycles. The van der Waals surface area contributed by atoms with Gasteiger partial charge in [0, 0.05) is 23.9 Å². The van der Waals surface area contributed by atoms with Crippen molar-refractivity contribution in [2.24, 2.45) is 5.92 Å². The summed E-state index contributed by atoms with van der Waals surface area (Å²) in [6.07, 6.45) is 5.70. The smallest absolute Gasteiger partial charge is 0.255 e. The highest BCUT2D eigenvalue weighted by Gasteiger charge is 2.24. The van der Waals surface area contributed by atoms with Gasteiger partial charge in [-0.1, -0.05) is 37.4 Å². The molecule has 202 valence electrons. The normalized spacial score (nSPS) is 17.8. The van der Waals surface area contributed by atoms with Crippen LogP contribution in [0.1, 0.15) is 60.5 Å². The lowest BCUT2D eigenvalue weighted by Crippen LogP contribution is -2.30. The Morgan fingerprint density at radius 1 is 1.26 bits per heavy atom. The van der Waals surface area contributed by atoms with Crippen LogP contribution in [0.2, 0.25) is 5.02 Å². The summed E-state index contributed by atoms with van der Waals surface area (Å²) in [6.45, 7) is 3.73. The average Bonchev–Trinajstić information content (AvgIpc) is 3.52. The van der Waals surface area contributed by atoms with Crippen LogP contribution in [-0.2, 0) is 4.79 Å². The molecule has 2 atom stereocenters. The highest BCUT2D eigenvalue weighted by atomic mass is 35.5. The van der Waals surface area contributed by atoms with Crippen LogP contribution in [0.3, 0.4) is 0 Å². The number of hydrogen-bond acceptors (Lipinski definition) is 5. The molecule has 11 heteroatoms. The Morgan fingerprint density at radius 3 is 2.90 bits per heavy atom. The number of aromatic nitrogens is 4. The first-order chi connectivity index (χ1) is 18.7. The van der Waals surface area contributed by atoms with E-state index in [1.165, 1.54) is 16.9 Å². The minimum absolute atomic E-state index is 0.0264. The van der Waals surface area contributed by atoms with Crippen LogP contribution in [0.5, 0.6) is 0 Å². The van der Waals surface area contributed by atoms with Gasteiger partial charge in [-0.15, -0.1) is 0 Å². The molecule has 39 heavy (non-hydrogen) atoms. The molecule has 1 aliphatic heterocycles. The number of H-pyrrole nitrogens is 1. The van der Waals surface area contributed by atoms with Gasteiger partial charge >= 0.3 is 0 Å². The SMILES string of the molecule is Cc1c(C(=O)N[C@H]2CCC[C@@H](C)CC(=O)Nc3cc(N)ccc3-c3c[nH]c2n3)cnn1-c1cccc(Cl)c1F. The summed E-state index contributed by atoms with van der Waals surface area (Å²) in [5.41, 5.74) is 9.39. The number of amides is 2. The van der Waals surface area contributed by atoms with E-state index in [1.54, 1.807) is 37.4 Å². The predicted molar refractivity (Wildman–Crippen MR) is 148 cm³/mol. The average molecular weight is 550 g/mol. The largest absolute Gasteiger partial charge is 0.399 e. The Kier molecular flexibility index (Phi) is 7.38. The van der Waals surface area contributed by atoms with E-state index >= 15 is 0 Å². The van der Waals surface area contributed by atoms with Crippen LogP contribution in [0.25, 0.3) is 16.9 Å². The van der Waals surface area contributed by atoms with Gasteiger partial charge in [0.05, 0.1) is 39.9 Å². The number of rotatable bonds is 3. The second-order valence-electron chi connectivity index (χ2n) is 9.92. The number of carbonyl (C=O) groups excluding carboxylic acids is 2. The van der Waals surface area contributed by atoms with E-state index in [1.807, 2.05) is 13.0 Å². The number of carbonyl (C=O) groups is 2. The van der Waals surface area contributed by atoms with Gasteiger partial charge in [0.15, 0.2) is 5.82 Å². The van der Waals surface area contributed by atoms with Gasteiger partial charge in [0.25, 0.3) is 5.91 Å². The van der Waals surface area contributed by atoms with Crippen molar-refractivity contribution >= 4 is 34.8 Å². The lowest BCUT2D eigenvalue weighted by atomic mass is 9.97. The first-order valence-electron chi connectivity index (χ1n) is 12.8. The zero-order valence-electron chi connectivity index (χ0n) is 21.6. The van der Waals surface area contributed by atoms with E-state index in [2.05, 4.69) is 20.7 Å². The van der Waals surface area contributed by atoms with E-state index in [0.29, 0.717) is 47.0 Å². The lowest BCUT2D eigenvalue weighted by molar-refractivity contribution is -0.117. The first kappa shape index (κ1) is 26.4. The van der Waals surface area contributed by atoms with Gasteiger partial charge in [-0.25, -0.2) is 14.1 Å². The second-order valence-corrected chi connectivity index (χ2v) is 10.3. The van der Waals surface area contributed by atoms with Crippen molar-refractivity contribution in [1.29, 1.82) is 0 Å². The molecule has 0 radical (unpaired) electrons. The van der Waals surface area contributed by atoms with Crippen molar-refractivity contribution < 1.29 is 14.0 Å². The van der Waals surface area contributed by atoms with E-state index in [4.69, 9.17) is 22.3 Å². The van der Waals surface area contributed by atoms with Crippen molar-refractivity contribution in [3.05, 3.63) is 76.7 Å². The van der Waals surface area contributed by atoms with Crippen LogP contribution in [0.4, 0.5) is 15.8 Å². The van der Waals surface area contributed by atoms with E-state index < -0.39 is 11.9 Å². The zero-order valence-corrected chi connectivity index (χ0v) is 22.3. The number of fused-ring (bicyclic) bond motifs is 4. The molecule has 2 bridgehead atoms. The van der Waals surface area contributed by atoms with Crippen LogP contribution in [0, 0.1) is 18.7 Å². The van der Waals surface area contributed by atoms with Crippen molar-refractivity contribution in [3.63, 3.8) is 0 Å². The Morgan fingerprint density at radius 2 is 2.08 bits per heavy atom. The maximum Gasteiger partial charge on any atom is 0.255 e. The Labute approximate surface area is 230 Å². The minimum atomic E-state index is -0.611. The predicted octanol–water partition coefficient (Wildman–Crippen LogP) is 5.57. The maximum absolute atomic E-state index is 14.6. The fraction of sp³-hybridized carbons (Fsp3) is 0.286. The van der Waals surface area contributed by atoms with Gasteiger partial charge in [-0.3, -0.25) is 9.59 Å². The van der Waals surface area contributed by atoms with E-state index in [0.717, 1.165) is 18.4 Å². The number of nitrogen functional groups attached to an aromatic ring is 1. The quantitative estimate of drug-likeness (QED) is 0.248. The molecule has 9 nitrogen and oxygen atoms in total. The van der Waals surface area contributed by atoms with Gasteiger partial charge < -0.3 is 21.4 Å². The third kappa shape index (κ3) is 5.51. The molecule has 0 fully saturated rings. The maximum atomic E-state index is 14.6. The summed E-state index contributed by atoms with van der Waals surface area (Å²) in [6, 6.07) is 9.49. The molecule has 2 amide bonds. The number of anilines is 2. The molecule has 0 spiro atoms. The van der Waals surface area contributed by atoms with Gasteiger partial charge in [-0.2, -0.15) is 5.10 Å². The number of nitrogens with one attached hydrogen (secondary N) is 3. The number of aromatic amines is 1. The molecule has 1 aliphatic rings. The monoisotopic (exact) mass is 549 g/mol.